The van der Waals surface area contributed by atoms with Gasteiger partial charge in [0, 0.05) is 29.7 Å². The largest absolute Gasteiger partial charge is 0.449 e. The molecule has 1 N–H and O–H groups in total. The molecule has 0 spiro atoms. The van der Waals surface area contributed by atoms with E-state index in [1.54, 1.807) is 43.4 Å². The summed E-state index contributed by atoms with van der Waals surface area (Å²) in [6, 6.07) is 17.2. The third-order valence-electron chi connectivity index (χ3n) is 4.08. The molecule has 1 heterocycles. The van der Waals surface area contributed by atoms with Crippen LogP contribution in [0, 0.1) is 0 Å². The summed E-state index contributed by atoms with van der Waals surface area (Å²) in [4.78, 5) is 40.9. The molecule has 26 heavy (non-hydrogen) atoms. The quantitative estimate of drug-likeness (QED) is 0.734. The van der Waals surface area contributed by atoms with Crippen molar-refractivity contribution < 1.29 is 14.3 Å². The average Bonchev–Trinajstić information content (AvgIpc) is 2.66. The van der Waals surface area contributed by atoms with Crippen molar-refractivity contribution in [3.8, 4) is 0 Å². The second-order valence-electron chi connectivity index (χ2n) is 5.87. The summed E-state index contributed by atoms with van der Waals surface area (Å²) in [5.74, 6) is -1.08. The summed E-state index contributed by atoms with van der Waals surface area (Å²) in [6.07, 6.45) is -0.995. The number of hydrogen-bond donors (Lipinski definition) is 1. The van der Waals surface area contributed by atoms with Gasteiger partial charge >= 0.3 is 5.97 Å². The van der Waals surface area contributed by atoms with Crippen molar-refractivity contribution in [1.29, 1.82) is 0 Å². The van der Waals surface area contributed by atoms with Gasteiger partial charge in [-0.1, -0.05) is 36.4 Å². The lowest BCUT2D eigenvalue weighted by Crippen LogP contribution is -2.37. The van der Waals surface area contributed by atoms with E-state index in [4.69, 9.17) is 4.74 Å². The molecule has 1 unspecified atom stereocenters. The van der Waals surface area contributed by atoms with E-state index in [2.05, 4.69) is 4.98 Å². The number of nitrogens with one attached hydrogen (secondary N) is 1. The molecule has 132 valence electrons. The Hall–Kier alpha value is -3.41. The van der Waals surface area contributed by atoms with Gasteiger partial charge in [0.05, 0.1) is 5.56 Å². The van der Waals surface area contributed by atoms with Gasteiger partial charge in [-0.25, -0.2) is 4.79 Å². The Balaban J connectivity index is 1.82. The van der Waals surface area contributed by atoms with Crippen LogP contribution in [0.3, 0.4) is 0 Å². The van der Waals surface area contributed by atoms with Gasteiger partial charge in [-0.2, -0.15) is 0 Å². The molecule has 6 heteroatoms. The number of carbonyl (C=O) groups excluding carboxylic acids is 2. The number of nitrogens with zero attached hydrogens (tertiary/aromatic N) is 1. The second kappa shape index (κ2) is 7.23. The van der Waals surface area contributed by atoms with E-state index < -0.39 is 17.6 Å². The van der Waals surface area contributed by atoms with Crippen LogP contribution in [0.15, 0.2) is 65.5 Å². The van der Waals surface area contributed by atoms with Gasteiger partial charge in [0.1, 0.15) is 0 Å². The van der Waals surface area contributed by atoms with E-state index in [1.165, 1.54) is 17.9 Å². The second-order valence-corrected chi connectivity index (χ2v) is 5.87. The first-order chi connectivity index (χ1) is 12.5. The zero-order chi connectivity index (χ0) is 18.7. The number of carbonyl (C=O) groups is 2. The first kappa shape index (κ1) is 17.4. The minimum Gasteiger partial charge on any atom is -0.449 e. The number of rotatable bonds is 4. The molecule has 0 aliphatic rings. The molecule has 0 bridgehead atoms. The van der Waals surface area contributed by atoms with Gasteiger partial charge in [-0.05, 0) is 25.1 Å². The van der Waals surface area contributed by atoms with E-state index in [0.29, 0.717) is 16.6 Å². The van der Waals surface area contributed by atoms with Crippen molar-refractivity contribution in [3.63, 3.8) is 0 Å². The third kappa shape index (κ3) is 3.49. The van der Waals surface area contributed by atoms with Crippen molar-refractivity contribution >= 4 is 28.5 Å². The number of para-hydroxylation sites is 2. The molecule has 0 saturated carbocycles. The number of benzene rings is 2. The highest BCUT2D eigenvalue weighted by Crippen LogP contribution is 2.17. The van der Waals surface area contributed by atoms with Crippen LogP contribution in [0.25, 0.3) is 10.9 Å². The molecule has 6 nitrogen and oxygen atoms in total. The monoisotopic (exact) mass is 350 g/mol. The number of ether oxygens (including phenoxy) is 1. The molecular formula is C20H18N2O4. The van der Waals surface area contributed by atoms with Gasteiger partial charge < -0.3 is 14.6 Å². The number of likely N-dealkylation sites (N-methyl/N-ethyl adjacent to an activating group) is 1. The maximum atomic E-state index is 12.5. The van der Waals surface area contributed by atoms with Crippen LogP contribution in [0.1, 0.15) is 17.3 Å². The Labute approximate surface area is 150 Å². The van der Waals surface area contributed by atoms with E-state index >= 15 is 0 Å². The number of amides is 1. The number of H-pyrrole nitrogens is 1. The summed E-state index contributed by atoms with van der Waals surface area (Å²) in [6.45, 7) is 1.51. The fourth-order valence-corrected chi connectivity index (χ4v) is 2.70. The number of aromatic nitrogens is 1. The highest BCUT2D eigenvalue weighted by molar-refractivity contribution is 6.05. The SMILES string of the molecule is CC(OC(=O)c1cc(=O)[nH]c2ccccc12)C(=O)N(C)c1ccccc1. The lowest BCUT2D eigenvalue weighted by molar-refractivity contribution is -0.126. The van der Waals surface area contributed by atoms with Gasteiger partial charge in [0.2, 0.25) is 5.56 Å². The number of fused-ring (bicyclic) bond motifs is 1. The molecule has 0 fully saturated rings. The van der Waals surface area contributed by atoms with Gasteiger partial charge in [0.25, 0.3) is 5.91 Å². The van der Waals surface area contributed by atoms with Crippen LogP contribution in [0.5, 0.6) is 0 Å². The molecule has 1 amide bonds. The van der Waals surface area contributed by atoms with E-state index in [-0.39, 0.29) is 11.5 Å². The number of esters is 1. The highest BCUT2D eigenvalue weighted by Gasteiger charge is 2.24. The minimum atomic E-state index is -0.995. The molecule has 0 saturated heterocycles. The van der Waals surface area contributed by atoms with Gasteiger partial charge in [0.15, 0.2) is 6.10 Å². The normalized spacial score (nSPS) is 11.8. The Bertz CT molecular complexity index is 1010. The topological polar surface area (TPSA) is 79.5 Å². The van der Waals surface area contributed by atoms with Crippen molar-refractivity contribution in [1.82, 2.24) is 4.98 Å². The highest BCUT2D eigenvalue weighted by atomic mass is 16.5. The number of pyridine rings is 1. The van der Waals surface area contributed by atoms with Crippen LogP contribution in [0.4, 0.5) is 5.69 Å². The Morgan fingerprint density at radius 1 is 1.04 bits per heavy atom. The fraction of sp³-hybridized carbons (Fsp3) is 0.150. The van der Waals surface area contributed by atoms with Crippen LogP contribution in [-0.4, -0.2) is 30.0 Å². The fourth-order valence-electron chi connectivity index (χ4n) is 2.70. The molecule has 0 aliphatic carbocycles. The van der Waals surface area contributed by atoms with Gasteiger partial charge in [-0.3, -0.25) is 9.59 Å². The van der Waals surface area contributed by atoms with Crippen molar-refractivity contribution in [2.45, 2.75) is 13.0 Å². The predicted molar refractivity (Wildman–Crippen MR) is 99.3 cm³/mol. The molecule has 1 atom stereocenters. The number of aromatic amines is 1. The number of hydrogen-bond acceptors (Lipinski definition) is 4. The molecule has 2 aromatic carbocycles. The van der Waals surface area contributed by atoms with E-state index in [9.17, 15) is 14.4 Å². The van der Waals surface area contributed by atoms with Crippen molar-refractivity contribution in [2.75, 3.05) is 11.9 Å². The summed E-state index contributed by atoms with van der Waals surface area (Å²) < 4.78 is 5.32. The van der Waals surface area contributed by atoms with Crippen LogP contribution < -0.4 is 10.5 Å². The average molecular weight is 350 g/mol. The van der Waals surface area contributed by atoms with Crippen LogP contribution in [0.2, 0.25) is 0 Å². The molecular weight excluding hydrogens is 332 g/mol. The number of anilines is 1. The zero-order valence-electron chi connectivity index (χ0n) is 14.4. The molecule has 3 rings (SSSR count). The van der Waals surface area contributed by atoms with Crippen molar-refractivity contribution in [3.05, 3.63) is 76.6 Å². The maximum Gasteiger partial charge on any atom is 0.339 e. The molecule has 3 aromatic rings. The van der Waals surface area contributed by atoms with Crippen molar-refractivity contribution in [2.24, 2.45) is 0 Å². The third-order valence-corrected chi connectivity index (χ3v) is 4.08. The molecule has 0 radical (unpaired) electrons. The Morgan fingerprint density at radius 3 is 2.42 bits per heavy atom. The Morgan fingerprint density at radius 2 is 1.69 bits per heavy atom. The smallest absolute Gasteiger partial charge is 0.339 e. The summed E-state index contributed by atoms with van der Waals surface area (Å²) >= 11 is 0. The standard InChI is InChI=1S/C20H18N2O4/c1-13(19(24)22(2)14-8-4-3-5-9-14)26-20(25)16-12-18(23)21-17-11-7-6-10-15(16)17/h3-13H,1-2H3,(H,21,23). The van der Waals surface area contributed by atoms with Crippen LogP contribution >= 0.6 is 0 Å². The van der Waals surface area contributed by atoms with E-state index in [1.807, 2.05) is 18.2 Å². The van der Waals surface area contributed by atoms with E-state index in [0.717, 1.165) is 0 Å². The minimum absolute atomic E-state index is 0.131. The van der Waals surface area contributed by atoms with Crippen LogP contribution in [-0.2, 0) is 9.53 Å². The zero-order valence-corrected chi connectivity index (χ0v) is 14.4. The van der Waals surface area contributed by atoms with Gasteiger partial charge in [-0.15, -0.1) is 0 Å². The lowest BCUT2D eigenvalue weighted by atomic mass is 10.1. The maximum absolute atomic E-state index is 12.5. The summed E-state index contributed by atoms with van der Waals surface area (Å²) in [5, 5.41) is 0.563. The molecule has 0 aliphatic heterocycles. The predicted octanol–water partition coefficient (Wildman–Crippen LogP) is 2.74. The Kier molecular flexibility index (Phi) is 4.84. The first-order valence-corrected chi connectivity index (χ1v) is 8.13. The summed E-state index contributed by atoms with van der Waals surface area (Å²) in [5.41, 5.74) is 0.955. The first-order valence-electron chi connectivity index (χ1n) is 8.13. The summed E-state index contributed by atoms with van der Waals surface area (Å²) in [7, 11) is 1.62. The molecule has 1 aromatic heterocycles. The lowest BCUT2D eigenvalue weighted by Gasteiger charge is -2.21.